The van der Waals surface area contributed by atoms with Crippen LogP contribution in [0.4, 0.5) is 0 Å². The maximum Gasteiger partial charge on any atom is 0.300 e. The van der Waals surface area contributed by atoms with Gasteiger partial charge in [0.1, 0.15) is 0 Å². The van der Waals surface area contributed by atoms with Crippen LogP contribution in [-0.2, 0) is 19.1 Å². The molecule has 1 N–H and O–H groups in total. The van der Waals surface area contributed by atoms with Gasteiger partial charge in [-0.2, -0.15) is 0 Å². The number of carbonyl (C=O) groups is 2. The van der Waals surface area contributed by atoms with Crippen LogP contribution in [-0.4, -0.2) is 65.8 Å². The molecule has 7 nitrogen and oxygen atoms in total. The molecule has 3 atom stereocenters. The van der Waals surface area contributed by atoms with Gasteiger partial charge in [0, 0.05) is 32.6 Å². The Morgan fingerprint density at radius 3 is 2.23 bits per heavy atom. The average Bonchev–Trinajstić information content (AvgIpc) is 3.33. The van der Waals surface area contributed by atoms with Gasteiger partial charge < -0.3 is 19.5 Å². The quantitative estimate of drug-likeness (QED) is 0.0606. The Bertz CT molecular complexity index is 761. The highest BCUT2D eigenvalue weighted by Gasteiger charge is 2.33. The van der Waals surface area contributed by atoms with Crippen LogP contribution in [0, 0.1) is 11.8 Å². The van der Waals surface area contributed by atoms with Crippen molar-refractivity contribution < 1.29 is 24.2 Å². The summed E-state index contributed by atoms with van der Waals surface area (Å²) in [6.45, 7) is 21.6. The lowest BCUT2D eigenvalue weighted by Gasteiger charge is -2.30. The molecule has 0 spiro atoms. The molecular weight excluding hydrogens is 540 g/mol. The third kappa shape index (κ3) is 24.8. The number of ether oxygens (including phenoxy) is 2. The minimum absolute atomic E-state index is 0.227. The molecule has 0 saturated carbocycles. The van der Waals surface area contributed by atoms with Gasteiger partial charge in [-0.25, -0.2) is 0 Å². The van der Waals surface area contributed by atoms with E-state index in [2.05, 4.69) is 49.6 Å². The molecule has 1 fully saturated rings. The molecule has 1 amide bonds. The topological polar surface area (TPSA) is 79.3 Å². The van der Waals surface area contributed by atoms with Gasteiger partial charge in [-0.05, 0) is 57.4 Å². The molecule has 7 heteroatoms. The van der Waals surface area contributed by atoms with Gasteiger partial charge in [0.05, 0.1) is 18.6 Å². The van der Waals surface area contributed by atoms with Gasteiger partial charge in [-0.15, -0.1) is 0 Å². The van der Waals surface area contributed by atoms with Crippen LogP contribution in [0.5, 0.6) is 0 Å². The van der Waals surface area contributed by atoms with E-state index in [9.17, 15) is 4.79 Å². The van der Waals surface area contributed by atoms with Crippen LogP contribution in [0.1, 0.15) is 133 Å². The van der Waals surface area contributed by atoms with Gasteiger partial charge in [0.2, 0.25) is 12.7 Å². The van der Waals surface area contributed by atoms with Crippen LogP contribution in [0.2, 0.25) is 0 Å². The van der Waals surface area contributed by atoms with Crippen molar-refractivity contribution in [1.82, 2.24) is 9.80 Å². The van der Waals surface area contributed by atoms with Gasteiger partial charge in [0.15, 0.2) is 0 Å². The fourth-order valence-electron chi connectivity index (χ4n) is 5.23. The molecule has 1 aliphatic heterocycles. The molecular formula is C36H68N2O5. The van der Waals surface area contributed by atoms with Crippen LogP contribution < -0.4 is 0 Å². The lowest BCUT2D eigenvalue weighted by Crippen LogP contribution is -2.43. The second-order valence-electron chi connectivity index (χ2n) is 11.4. The SMILES string of the molecule is C/C=C/OCO/C(C)=C/C=C/C1CC(C[C@H](C)CCC)N(CC(=O)N(CCCC)CCCCCCC)C1.CC.CC(=O)O. The van der Waals surface area contributed by atoms with E-state index < -0.39 is 5.97 Å². The zero-order valence-corrected chi connectivity index (χ0v) is 29.4. The Kier molecular flexibility index (Phi) is 29.7. The summed E-state index contributed by atoms with van der Waals surface area (Å²) in [7, 11) is 0. The smallest absolute Gasteiger partial charge is 0.300 e. The molecule has 0 aromatic rings. The minimum atomic E-state index is -0.833. The molecule has 2 unspecified atom stereocenters. The molecule has 0 bridgehead atoms. The molecule has 1 heterocycles. The second-order valence-corrected chi connectivity index (χ2v) is 11.4. The number of carboxylic acids is 1. The largest absolute Gasteiger partial charge is 0.481 e. The first-order chi connectivity index (χ1) is 20.7. The predicted molar refractivity (Wildman–Crippen MR) is 182 cm³/mol. The summed E-state index contributed by atoms with van der Waals surface area (Å²) in [6, 6.07) is 0.480. The highest BCUT2D eigenvalue weighted by molar-refractivity contribution is 5.78. The van der Waals surface area contributed by atoms with E-state index in [0.29, 0.717) is 30.3 Å². The number of nitrogens with zero attached hydrogens (tertiary/aromatic N) is 2. The van der Waals surface area contributed by atoms with Gasteiger partial charge in [-0.3, -0.25) is 14.5 Å². The lowest BCUT2D eigenvalue weighted by atomic mass is 9.94. The third-order valence-electron chi connectivity index (χ3n) is 7.32. The summed E-state index contributed by atoms with van der Waals surface area (Å²) >= 11 is 0. The summed E-state index contributed by atoms with van der Waals surface area (Å²) in [5, 5.41) is 7.42. The van der Waals surface area contributed by atoms with Crippen molar-refractivity contribution in [1.29, 1.82) is 0 Å². The van der Waals surface area contributed by atoms with Crippen molar-refractivity contribution in [3.63, 3.8) is 0 Å². The number of rotatable bonds is 21. The normalized spacial score (nSPS) is 17.7. The van der Waals surface area contributed by atoms with Crippen LogP contribution in [0.25, 0.3) is 0 Å². The van der Waals surface area contributed by atoms with E-state index in [-0.39, 0.29) is 6.79 Å². The number of likely N-dealkylation sites (tertiary alicyclic amines) is 1. The van der Waals surface area contributed by atoms with Crippen molar-refractivity contribution in [2.24, 2.45) is 11.8 Å². The van der Waals surface area contributed by atoms with Crippen LogP contribution >= 0.6 is 0 Å². The van der Waals surface area contributed by atoms with E-state index in [1.54, 1.807) is 6.26 Å². The van der Waals surface area contributed by atoms with E-state index in [1.807, 2.05) is 39.8 Å². The third-order valence-corrected chi connectivity index (χ3v) is 7.32. The van der Waals surface area contributed by atoms with E-state index >= 15 is 0 Å². The van der Waals surface area contributed by atoms with Crippen molar-refractivity contribution in [3.8, 4) is 0 Å². The number of carbonyl (C=O) groups excluding carboxylic acids is 1. The van der Waals surface area contributed by atoms with Gasteiger partial charge >= 0.3 is 0 Å². The molecule has 1 saturated heterocycles. The Balaban J connectivity index is 0. The second kappa shape index (κ2) is 29.8. The van der Waals surface area contributed by atoms with E-state index in [4.69, 9.17) is 19.4 Å². The van der Waals surface area contributed by atoms with Gasteiger partial charge in [-0.1, -0.05) is 105 Å². The summed E-state index contributed by atoms with van der Waals surface area (Å²) in [6.07, 6.45) is 23.1. The Hall–Kier alpha value is -2.28. The minimum Gasteiger partial charge on any atom is -0.481 e. The van der Waals surface area contributed by atoms with Crippen molar-refractivity contribution in [2.75, 3.05) is 33.0 Å². The number of aliphatic carboxylic acids is 1. The number of hydrogen-bond donors (Lipinski definition) is 1. The number of carboxylic acid groups (broad SMARTS) is 1. The monoisotopic (exact) mass is 609 g/mol. The highest BCUT2D eigenvalue weighted by atomic mass is 16.7. The predicted octanol–water partition coefficient (Wildman–Crippen LogP) is 9.20. The van der Waals surface area contributed by atoms with Gasteiger partial charge in [0.25, 0.3) is 5.97 Å². The summed E-state index contributed by atoms with van der Waals surface area (Å²) < 4.78 is 10.8. The average molecular weight is 609 g/mol. The summed E-state index contributed by atoms with van der Waals surface area (Å²) in [5.41, 5.74) is 0. The number of amides is 1. The lowest BCUT2D eigenvalue weighted by molar-refractivity contribution is -0.134. The molecule has 0 aliphatic carbocycles. The Labute approximate surface area is 265 Å². The molecule has 0 aromatic carbocycles. The number of unbranched alkanes of at least 4 members (excludes halogenated alkanes) is 5. The fourth-order valence-corrected chi connectivity index (χ4v) is 5.23. The standard InChI is InChI=1S/C32H58N2O3.C2H4O2.C2H6/c1-7-11-13-14-15-21-33(20-12-8-2)32(35)26-34-25-30(24-31(34)23-28(5)17-9-3)19-16-18-29(6)37-27-36-22-10-4;1-2(3)4;1-2/h10,16,18-19,22,28,30-31H,7-9,11-15,17,20-21,23-27H2,1-6H3;1H3,(H,3,4);1-2H3/b19-16+,22-10+,29-18+;;/t28-,30?,31?;;/m1../s1. The van der Waals surface area contributed by atoms with Crippen LogP contribution in [0.3, 0.4) is 0 Å². The first-order valence-corrected chi connectivity index (χ1v) is 17.1. The highest BCUT2D eigenvalue weighted by Crippen LogP contribution is 2.30. The maximum atomic E-state index is 13.5. The van der Waals surface area contributed by atoms with Crippen molar-refractivity contribution in [2.45, 2.75) is 139 Å². The zero-order chi connectivity index (χ0) is 32.9. The Morgan fingerprint density at radius 1 is 1.00 bits per heavy atom. The Morgan fingerprint density at radius 2 is 1.63 bits per heavy atom. The molecule has 0 radical (unpaired) electrons. The first-order valence-electron chi connectivity index (χ1n) is 17.1. The van der Waals surface area contributed by atoms with Crippen molar-refractivity contribution in [3.05, 3.63) is 36.3 Å². The molecule has 0 aromatic heterocycles. The molecule has 1 aliphatic rings. The molecule has 252 valence electrons. The fraction of sp³-hybridized carbons (Fsp3) is 0.778. The number of hydrogen-bond acceptors (Lipinski definition) is 5. The molecule has 1 rings (SSSR count). The summed E-state index contributed by atoms with van der Waals surface area (Å²) in [4.78, 5) is 27.1. The van der Waals surface area contributed by atoms with E-state index in [0.717, 1.165) is 58.0 Å². The maximum absolute atomic E-state index is 13.5. The molecule has 43 heavy (non-hydrogen) atoms. The summed E-state index contributed by atoms with van der Waals surface area (Å²) in [5.74, 6) is 1.49. The zero-order valence-electron chi connectivity index (χ0n) is 29.4. The van der Waals surface area contributed by atoms with Crippen molar-refractivity contribution >= 4 is 11.9 Å². The number of allylic oxidation sites excluding steroid dienone is 4. The van der Waals surface area contributed by atoms with E-state index in [1.165, 1.54) is 44.9 Å². The first kappa shape index (κ1) is 42.9. The van der Waals surface area contributed by atoms with Crippen LogP contribution in [0.15, 0.2) is 36.3 Å².